The largest absolute Gasteiger partial charge is 0.361 e. The van der Waals surface area contributed by atoms with Crippen LogP contribution in [0.15, 0.2) is 28.2 Å². The third kappa shape index (κ3) is 2.92. The zero-order valence-electron chi connectivity index (χ0n) is 13.4. The van der Waals surface area contributed by atoms with Crippen molar-refractivity contribution < 1.29 is 4.79 Å². The Kier molecular flexibility index (Phi) is 4.15. The van der Waals surface area contributed by atoms with Crippen LogP contribution in [0.5, 0.6) is 0 Å². The van der Waals surface area contributed by atoms with Gasteiger partial charge in [0, 0.05) is 26.8 Å². The number of aromatic nitrogens is 4. The number of aromatic amines is 2. The normalized spacial score (nSPS) is 17.1. The second-order valence-electron chi connectivity index (χ2n) is 5.84. The Balaban J connectivity index is 1.93. The van der Waals surface area contributed by atoms with Crippen LogP contribution in [0.25, 0.3) is 0 Å². The maximum absolute atomic E-state index is 12.7. The van der Waals surface area contributed by atoms with E-state index in [1.165, 1.54) is 0 Å². The SMILES string of the molecule is CN(C)c1cncc(C2CCCN2C(=O)c2c[nH]c(=O)[nH]c2=O)n1. The summed E-state index contributed by atoms with van der Waals surface area (Å²) in [6.45, 7) is 0.524. The van der Waals surface area contributed by atoms with E-state index in [-0.39, 0.29) is 11.6 Å². The summed E-state index contributed by atoms with van der Waals surface area (Å²) in [4.78, 5) is 52.3. The summed E-state index contributed by atoms with van der Waals surface area (Å²) in [6, 6.07) is -0.240. The first-order valence-electron chi connectivity index (χ1n) is 7.59. The summed E-state index contributed by atoms with van der Waals surface area (Å²) in [5.74, 6) is 0.278. The maximum atomic E-state index is 12.7. The smallest absolute Gasteiger partial charge is 0.325 e. The summed E-state index contributed by atoms with van der Waals surface area (Å²) in [5, 5.41) is 0. The van der Waals surface area contributed by atoms with Gasteiger partial charge in [0.25, 0.3) is 11.5 Å². The van der Waals surface area contributed by atoms with Gasteiger partial charge in [-0.25, -0.2) is 9.78 Å². The van der Waals surface area contributed by atoms with Crippen molar-refractivity contribution in [3.8, 4) is 0 Å². The third-order valence-electron chi connectivity index (χ3n) is 4.00. The minimum Gasteiger partial charge on any atom is -0.361 e. The van der Waals surface area contributed by atoms with Crippen molar-refractivity contribution in [2.75, 3.05) is 25.5 Å². The molecular weight excluding hydrogens is 312 g/mol. The minimum absolute atomic E-state index is 0.0850. The van der Waals surface area contributed by atoms with Gasteiger partial charge in [-0.2, -0.15) is 0 Å². The molecular formula is C15H18N6O3. The summed E-state index contributed by atoms with van der Waals surface area (Å²) in [7, 11) is 3.73. The van der Waals surface area contributed by atoms with Crippen molar-refractivity contribution in [2.24, 2.45) is 0 Å². The standard InChI is InChI=1S/C15H18N6O3/c1-20(2)12-8-16-7-10(18-12)11-4-3-5-21(11)14(23)9-6-17-15(24)19-13(9)22/h6-8,11H,3-5H2,1-2H3,(H2,17,19,22,24). The van der Waals surface area contributed by atoms with E-state index < -0.39 is 17.2 Å². The molecule has 0 radical (unpaired) electrons. The monoisotopic (exact) mass is 330 g/mol. The molecule has 0 bridgehead atoms. The molecule has 1 atom stereocenters. The van der Waals surface area contributed by atoms with Crippen LogP contribution in [0, 0.1) is 0 Å². The molecule has 0 aromatic carbocycles. The van der Waals surface area contributed by atoms with Gasteiger partial charge in [0.05, 0.1) is 24.1 Å². The molecule has 2 N–H and O–H groups in total. The van der Waals surface area contributed by atoms with E-state index in [4.69, 9.17) is 0 Å². The summed E-state index contributed by atoms with van der Waals surface area (Å²) >= 11 is 0. The topological polar surface area (TPSA) is 115 Å². The van der Waals surface area contributed by atoms with Crippen LogP contribution in [0.4, 0.5) is 5.82 Å². The first-order chi connectivity index (χ1) is 11.5. The van der Waals surface area contributed by atoms with Gasteiger partial charge in [-0.05, 0) is 12.8 Å². The number of rotatable bonds is 3. The molecule has 9 heteroatoms. The van der Waals surface area contributed by atoms with Crippen LogP contribution < -0.4 is 16.1 Å². The molecule has 1 aliphatic rings. The number of nitrogens with zero attached hydrogens (tertiary/aromatic N) is 4. The van der Waals surface area contributed by atoms with Crippen LogP contribution in [0.2, 0.25) is 0 Å². The minimum atomic E-state index is -0.692. The van der Waals surface area contributed by atoms with Crippen LogP contribution in [0.3, 0.4) is 0 Å². The Morgan fingerprint density at radius 1 is 1.33 bits per heavy atom. The molecule has 1 unspecified atom stereocenters. The van der Waals surface area contributed by atoms with Crippen molar-refractivity contribution in [2.45, 2.75) is 18.9 Å². The number of hydrogen-bond donors (Lipinski definition) is 2. The van der Waals surface area contributed by atoms with Gasteiger partial charge in [0.1, 0.15) is 11.4 Å². The van der Waals surface area contributed by atoms with Crippen molar-refractivity contribution >= 4 is 11.7 Å². The highest BCUT2D eigenvalue weighted by atomic mass is 16.2. The van der Waals surface area contributed by atoms with Gasteiger partial charge in [-0.15, -0.1) is 0 Å². The Morgan fingerprint density at radius 2 is 2.12 bits per heavy atom. The second-order valence-corrected chi connectivity index (χ2v) is 5.84. The summed E-state index contributed by atoms with van der Waals surface area (Å²) in [5.41, 5.74) is -0.729. The zero-order valence-corrected chi connectivity index (χ0v) is 13.4. The van der Waals surface area contributed by atoms with Gasteiger partial charge in [-0.1, -0.05) is 0 Å². The number of carbonyl (C=O) groups excluding carboxylic acids is 1. The van der Waals surface area contributed by atoms with Gasteiger partial charge in [0.2, 0.25) is 0 Å². The lowest BCUT2D eigenvalue weighted by molar-refractivity contribution is 0.0730. The van der Waals surface area contributed by atoms with E-state index in [0.29, 0.717) is 18.1 Å². The molecule has 1 aliphatic heterocycles. The number of amides is 1. The second kappa shape index (κ2) is 6.26. The Morgan fingerprint density at radius 3 is 2.83 bits per heavy atom. The molecule has 0 spiro atoms. The fourth-order valence-corrected chi connectivity index (χ4v) is 2.79. The highest BCUT2D eigenvalue weighted by molar-refractivity contribution is 5.94. The third-order valence-corrected chi connectivity index (χ3v) is 4.00. The van der Waals surface area contributed by atoms with E-state index in [2.05, 4.69) is 19.9 Å². The van der Waals surface area contributed by atoms with Crippen LogP contribution in [-0.4, -0.2) is 51.4 Å². The van der Waals surface area contributed by atoms with Gasteiger partial charge < -0.3 is 14.8 Å². The van der Waals surface area contributed by atoms with E-state index >= 15 is 0 Å². The molecule has 2 aromatic rings. The molecule has 24 heavy (non-hydrogen) atoms. The van der Waals surface area contributed by atoms with E-state index in [9.17, 15) is 14.4 Å². The average Bonchev–Trinajstić information content (AvgIpc) is 3.04. The van der Waals surface area contributed by atoms with Crippen molar-refractivity contribution in [3.63, 3.8) is 0 Å². The fraction of sp³-hybridized carbons (Fsp3) is 0.400. The molecule has 3 heterocycles. The van der Waals surface area contributed by atoms with Crippen LogP contribution in [0.1, 0.15) is 34.9 Å². The Bertz CT molecular complexity index is 872. The van der Waals surface area contributed by atoms with Crippen LogP contribution >= 0.6 is 0 Å². The number of H-pyrrole nitrogens is 2. The van der Waals surface area contributed by atoms with Gasteiger partial charge in [0.15, 0.2) is 0 Å². The first-order valence-corrected chi connectivity index (χ1v) is 7.59. The molecule has 126 valence electrons. The molecule has 1 saturated heterocycles. The lowest BCUT2D eigenvalue weighted by Crippen LogP contribution is -2.37. The van der Waals surface area contributed by atoms with E-state index in [0.717, 1.165) is 19.0 Å². The fourth-order valence-electron chi connectivity index (χ4n) is 2.79. The number of anilines is 1. The van der Waals surface area contributed by atoms with Gasteiger partial charge >= 0.3 is 5.69 Å². The number of likely N-dealkylation sites (tertiary alicyclic amines) is 1. The molecule has 0 saturated carbocycles. The molecule has 3 rings (SSSR count). The molecule has 0 aliphatic carbocycles. The van der Waals surface area contributed by atoms with Crippen molar-refractivity contribution in [3.05, 3.63) is 50.7 Å². The highest BCUT2D eigenvalue weighted by Gasteiger charge is 2.33. The predicted molar refractivity (Wildman–Crippen MR) is 87.1 cm³/mol. The molecule has 2 aromatic heterocycles. The number of hydrogen-bond acceptors (Lipinski definition) is 6. The van der Waals surface area contributed by atoms with Crippen molar-refractivity contribution in [1.82, 2.24) is 24.8 Å². The molecule has 1 fully saturated rings. The van der Waals surface area contributed by atoms with Gasteiger partial charge in [-0.3, -0.25) is 19.6 Å². The molecule has 9 nitrogen and oxygen atoms in total. The maximum Gasteiger partial charge on any atom is 0.325 e. The highest BCUT2D eigenvalue weighted by Crippen LogP contribution is 2.31. The quantitative estimate of drug-likeness (QED) is 0.812. The molecule has 1 amide bonds. The van der Waals surface area contributed by atoms with Crippen molar-refractivity contribution in [1.29, 1.82) is 0 Å². The number of carbonyl (C=O) groups is 1. The van der Waals surface area contributed by atoms with E-state index in [1.54, 1.807) is 17.3 Å². The zero-order chi connectivity index (χ0) is 17.3. The average molecular weight is 330 g/mol. The number of nitrogens with one attached hydrogen (secondary N) is 2. The van der Waals surface area contributed by atoms with E-state index in [1.807, 2.05) is 19.0 Å². The van der Waals surface area contributed by atoms with Crippen LogP contribution in [-0.2, 0) is 0 Å². The lowest BCUT2D eigenvalue weighted by Gasteiger charge is -2.24. The summed E-state index contributed by atoms with van der Waals surface area (Å²) in [6.07, 6.45) is 6.00. The summed E-state index contributed by atoms with van der Waals surface area (Å²) < 4.78 is 0. The lowest BCUT2D eigenvalue weighted by atomic mass is 10.1. The Hall–Kier alpha value is -2.97. The first kappa shape index (κ1) is 15.9. The Labute approximate surface area is 137 Å². The predicted octanol–water partition coefficient (Wildman–Crippen LogP) is -0.103.